The lowest BCUT2D eigenvalue weighted by atomic mass is 10.3. The maximum Gasteiger partial charge on any atom is 0.307 e. The van der Waals surface area contributed by atoms with Gasteiger partial charge >= 0.3 is 5.97 Å². The van der Waals surface area contributed by atoms with E-state index in [4.69, 9.17) is 0 Å². The van der Waals surface area contributed by atoms with Gasteiger partial charge < -0.3 is 9.64 Å². The number of esters is 1. The molecule has 0 spiro atoms. The van der Waals surface area contributed by atoms with Gasteiger partial charge in [0.05, 0.1) is 19.3 Å². The predicted molar refractivity (Wildman–Crippen MR) is 76.0 cm³/mol. The Labute approximate surface area is 126 Å². The summed E-state index contributed by atoms with van der Waals surface area (Å²) in [6.07, 6.45) is 0.131. The van der Waals surface area contributed by atoms with Crippen LogP contribution >= 0.6 is 11.8 Å². The number of halogens is 2. The summed E-state index contributed by atoms with van der Waals surface area (Å²) in [4.78, 5) is 25.0. The molecule has 0 bridgehead atoms. The number of nitrogens with zero attached hydrogens (tertiary/aromatic N) is 1. The molecule has 0 saturated carbocycles. The van der Waals surface area contributed by atoms with E-state index in [1.54, 1.807) is 6.92 Å². The molecule has 1 rings (SSSR count). The highest BCUT2D eigenvalue weighted by molar-refractivity contribution is 8.00. The van der Waals surface area contributed by atoms with Crippen molar-refractivity contribution in [1.82, 2.24) is 4.90 Å². The van der Waals surface area contributed by atoms with Crippen molar-refractivity contribution in [3.63, 3.8) is 0 Å². The summed E-state index contributed by atoms with van der Waals surface area (Å²) < 4.78 is 30.3. The topological polar surface area (TPSA) is 46.6 Å². The second kappa shape index (κ2) is 8.61. The Morgan fingerprint density at radius 1 is 1.29 bits per heavy atom. The minimum atomic E-state index is -0.939. The Bertz CT molecular complexity index is 511. The molecular formula is C14H17F2NO3S. The zero-order chi connectivity index (χ0) is 15.8. The second-order valence-corrected chi connectivity index (χ2v) is 5.21. The molecular weight excluding hydrogens is 300 g/mol. The fraction of sp³-hybridized carbons (Fsp3) is 0.429. The molecule has 0 aliphatic heterocycles. The van der Waals surface area contributed by atoms with Gasteiger partial charge in [-0.25, -0.2) is 8.78 Å². The van der Waals surface area contributed by atoms with Gasteiger partial charge in [0.2, 0.25) is 5.91 Å². The van der Waals surface area contributed by atoms with E-state index in [9.17, 15) is 18.4 Å². The summed E-state index contributed by atoms with van der Waals surface area (Å²) in [6, 6.07) is 3.50. The molecule has 0 aliphatic rings. The molecule has 116 valence electrons. The van der Waals surface area contributed by atoms with Crippen LogP contribution in [0.5, 0.6) is 0 Å². The van der Waals surface area contributed by atoms with Crippen molar-refractivity contribution in [2.45, 2.75) is 18.2 Å². The van der Waals surface area contributed by atoms with Crippen LogP contribution in [0.3, 0.4) is 0 Å². The van der Waals surface area contributed by atoms with E-state index in [1.807, 2.05) is 0 Å². The van der Waals surface area contributed by atoms with Crippen molar-refractivity contribution < 1.29 is 23.1 Å². The van der Waals surface area contributed by atoms with Crippen molar-refractivity contribution in [3.8, 4) is 0 Å². The van der Waals surface area contributed by atoms with E-state index in [2.05, 4.69) is 4.74 Å². The largest absolute Gasteiger partial charge is 0.469 e. The fourth-order valence-electron chi connectivity index (χ4n) is 1.59. The highest BCUT2D eigenvalue weighted by Gasteiger charge is 2.14. The lowest BCUT2D eigenvalue weighted by molar-refractivity contribution is -0.141. The molecule has 0 aromatic heterocycles. The Hall–Kier alpha value is -1.63. The molecule has 1 aromatic carbocycles. The number of thioether (sulfide) groups is 1. The molecule has 1 amide bonds. The number of rotatable bonds is 7. The summed E-state index contributed by atoms with van der Waals surface area (Å²) in [7, 11) is 1.29. The van der Waals surface area contributed by atoms with Gasteiger partial charge in [-0.3, -0.25) is 9.59 Å². The molecule has 1 aromatic rings. The molecule has 0 aliphatic carbocycles. The van der Waals surface area contributed by atoms with Crippen molar-refractivity contribution in [2.75, 3.05) is 26.0 Å². The van der Waals surface area contributed by atoms with Crippen LogP contribution in [0.15, 0.2) is 23.1 Å². The van der Waals surface area contributed by atoms with Crippen LogP contribution in [-0.4, -0.2) is 42.7 Å². The molecule has 0 unspecified atom stereocenters. The van der Waals surface area contributed by atoms with E-state index >= 15 is 0 Å². The molecule has 21 heavy (non-hydrogen) atoms. The number of amides is 1. The molecule has 0 N–H and O–H groups in total. The Balaban J connectivity index is 2.50. The smallest absolute Gasteiger partial charge is 0.307 e. The highest BCUT2D eigenvalue weighted by atomic mass is 32.2. The van der Waals surface area contributed by atoms with Crippen molar-refractivity contribution in [3.05, 3.63) is 29.8 Å². The first-order chi connectivity index (χ1) is 9.97. The number of hydrogen-bond donors (Lipinski definition) is 0. The number of ether oxygens (including phenoxy) is 1. The number of methoxy groups -OCH3 is 1. The lowest BCUT2D eigenvalue weighted by Crippen LogP contribution is -2.34. The maximum absolute atomic E-state index is 13.0. The van der Waals surface area contributed by atoms with E-state index in [0.717, 1.165) is 23.9 Å². The number of carbonyl (C=O) groups is 2. The third-order valence-corrected chi connectivity index (χ3v) is 3.78. The number of carbonyl (C=O) groups excluding carboxylic acids is 2. The summed E-state index contributed by atoms with van der Waals surface area (Å²) in [5.41, 5.74) is 0. The third kappa shape index (κ3) is 5.71. The third-order valence-electron chi connectivity index (χ3n) is 2.80. The SMILES string of the molecule is CCN(CCC(=O)OC)C(=O)CSc1ccc(F)c(F)c1. The second-order valence-electron chi connectivity index (χ2n) is 4.16. The summed E-state index contributed by atoms with van der Waals surface area (Å²) >= 11 is 1.12. The highest BCUT2D eigenvalue weighted by Crippen LogP contribution is 2.20. The predicted octanol–water partition coefficient (Wildman–Crippen LogP) is 2.47. The van der Waals surface area contributed by atoms with Gasteiger partial charge in [0.15, 0.2) is 11.6 Å². The zero-order valence-corrected chi connectivity index (χ0v) is 12.7. The Morgan fingerprint density at radius 3 is 2.57 bits per heavy atom. The van der Waals surface area contributed by atoms with Crippen molar-refractivity contribution >= 4 is 23.6 Å². The monoisotopic (exact) mass is 317 g/mol. The van der Waals surface area contributed by atoms with Gasteiger partial charge in [0.1, 0.15) is 0 Å². The van der Waals surface area contributed by atoms with E-state index in [-0.39, 0.29) is 30.6 Å². The van der Waals surface area contributed by atoms with E-state index < -0.39 is 11.6 Å². The first-order valence-electron chi connectivity index (χ1n) is 6.40. The van der Waals surface area contributed by atoms with E-state index in [0.29, 0.717) is 11.4 Å². The number of hydrogen-bond acceptors (Lipinski definition) is 4. The van der Waals surface area contributed by atoms with Crippen LogP contribution in [-0.2, 0) is 14.3 Å². The molecule has 0 radical (unpaired) electrons. The quantitative estimate of drug-likeness (QED) is 0.572. The maximum atomic E-state index is 13.0. The average molecular weight is 317 g/mol. The molecule has 0 atom stereocenters. The fourth-order valence-corrected chi connectivity index (χ4v) is 2.41. The first kappa shape index (κ1) is 17.4. The van der Waals surface area contributed by atoms with Gasteiger partial charge in [0, 0.05) is 18.0 Å². The first-order valence-corrected chi connectivity index (χ1v) is 7.39. The van der Waals surface area contributed by atoms with Crippen LogP contribution < -0.4 is 0 Å². The molecule has 4 nitrogen and oxygen atoms in total. The van der Waals surface area contributed by atoms with Gasteiger partial charge in [-0.2, -0.15) is 0 Å². The average Bonchev–Trinajstić information content (AvgIpc) is 2.48. The van der Waals surface area contributed by atoms with Crippen LogP contribution in [0.2, 0.25) is 0 Å². The van der Waals surface area contributed by atoms with Gasteiger partial charge in [-0.1, -0.05) is 0 Å². The molecule has 0 fully saturated rings. The van der Waals surface area contributed by atoms with Crippen molar-refractivity contribution in [2.24, 2.45) is 0 Å². The molecule has 0 heterocycles. The van der Waals surface area contributed by atoms with Crippen molar-refractivity contribution in [1.29, 1.82) is 0 Å². The summed E-state index contributed by atoms with van der Waals surface area (Å²) in [6.45, 7) is 2.55. The lowest BCUT2D eigenvalue weighted by Gasteiger charge is -2.20. The molecule has 0 saturated heterocycles. The standard InChI is InChI=1S/C14H17F2NO3S/c1-3-17(7-6-14(19)20-2)13(18)9-21-10-4-5-11(15)12(16)8-10/h4-5,8H,3,6-7,9H2,1-2H3. The minimum absolute atomic E-state index is 0.0973. The van der Waals surface area contributed by atoms with Crippen LogP contribution in [0.4, 0.5) is 8.78 Å². The normalized spacial score (nSPS) is 10.3. The minimum Gasteiger partial charge on any atom is -0.469 e. The number of benzene rings is 1. The van der Waals surface area contributed by atoms with Crippen LogP contribution in [0.1, 0.15) is 13.3 Å². The molecule has 7 heteroatoms. The van der Waals surface area contributed by atoms with Gasteiger partial charge in [-0.15, -0.1) is 11.8 Å². The van der Waals surface area contributed by atoms with Crippen LogP contribution in [0.25, 0.3) is 0 Å². The zero-order valence-electron chi connectivity index (χ0n) is 11.9. The summed E-state index contributed by atoms with van der Waals surface area (Å²) in [5.74, 6) is -2.31. The Kier molecular flexibility index (Phi) is 7.14. The van der Waals surface area contributed by atoms with Gasteiger partial charge in [0.25, 0.3) is 0 Å². The Morgan fingerprint density at radius 2 is 2.00 bits per heavy atom. The van der Waals surface area contributed by atoms with Gasteiger partial charge in [-0.05, 0) is 25.1 Å². The van der Waals surface area contributed by atoms with E-state index in [1.165, 1.54) is 18.1 Å². The van der Waals surface area contributed by atoms with Crippen LogP contribution in [0, 0.1) is 11.6 Å². The summed E-state index contributed by atoms with van der Waals surface area (Å²) in [5, 5.41) is 0.